The molecule has 0 aromatic heterocycles. The molecule has 0 radical (unpaired) electrons. The van der Waals surface area contributed by atoms with Gasteiger partial charge in [-0.2, -0.15) is 0 Å². The van der Waals surface area contributed by atoms with Gasteiger partial charge in [-0.15, -0.1) is 0 Å². The molecule has 0 bridgehead atoms. The van der Waals surface area contributed by atoms with Crippen LogP contribution in [0.3, 0.4) is 0 Å². The zero-order valence-electron chi connectivity index (χ0n) is 40.0. The van der Waals surface area contributed by atoms with E-state index in [-0.39, 0.29) is 0 Å². The maximum atomic E-state index is 14.3. The number of carbonyl (C=O) groups excluding carboxylic acids is 1. The van der Waals surface area contributed by atoms with Gasteiger partial charge in [0.1, 0.15) is 17.3 Å². The van der Waals surface area contributed by atoms with Crippen LogP contribution in [0.2, 0.25) is 0 Å². The molecule has 2 unspecified atom stereocenters. The number of benzene rings is 5. The zero-order chi connectivity index (χ0) is 44.5. The third-order valence-corrected chi connectivity index (χ3v) is 18.7. The maximum absolute atomic E-state index is 14.3. The van der Waals surface area contributed by atoms with E-state index in [4.69, 9.17) is 9.47 Å². The molecule has 2 aliphatic carbocycles. The smallest absolute Gasteiger partial charge is 0.134 e. The Balaban J connectivity index is 1.51. The van der Waals surface area contributed by atoms with E-state index in [0.29, 0.717) is 52.6 Å². The van der Waals surface area contributed by atoms with E-state index < -0.39 is 7.92 Å². The van der Waals surface area contributed by atoms with E-state index in [1.807, 2.05) is 0 Å². The van der Waals surface area contributed by atoms with Crippen molar-refractivity contribution in [2.45, 2.75) is 155 Å². The summed E-state index contributed by atoms with van der Waals surface area (Å²) in [5.74, 6) is 4.72. The summed E-state index contributed by atoms with van der Waals surface area (Å²) in [4.78, 5) is 14.3. The van der Waals surface area contributed by atoms with Crippen LogP contribution in [0.1, 0.15) is 166 Å². The summed E-state index contributed by atoms with van der Waals surface area (Å²) in [7, 11) is 2.84. The Morgan fingerprint density at radius 2 is 0.810 bits per heavy atom. The lowest BCUT2D eigenvalue weighted by molar-refractivity contribution is -0.119. The van der Waals surface area contributed by atoms with Crippen LogP contribution in [0.5, 0.6) is 11.5 Å². The van der Waals surface area contributed by atoms with Crippen LogP contribution in [0, 0.1) is 11.8 Å². The Morgan fingerprint density at radius 1 is 0.476 bits per heavy atom. The van der Waals surface area contributed by atoms with E-state index in [2.05, 4.69) is 146 Å². The molecule has 3 fully saturated rings. The first-order valence-electron chi connectivity index (χ1n) is 24.5. The van der Waals surface area contributed by atoms with Crippen molar-refractivity contribution in [3.05, 3.63) is 113 Å². The first-order valence-corrected chi connectivity index (χ1v) is 26.0. The first kappa shape index (κ1) is 45.4. The molecule has 2 saturated carbocycles. The summed E-state index contributed by atoms with van der Waals surface area (Å²) < 4.78 is 12.0. The average molecular weight is 861 g/mol. The highest BCUT2D eigenvalue weighted by Crippen LogP contribution is 2.63. The minimum Gasteiger partial charge on any atom is -0.496 e. The van der Waals surface area contributed by atoms with Gasteiger partial charge in [-0.25, -0.2) is 0 Å². The van der Waals surface area contributed by atoms with Gasteiger partial charge in [-0.05, 0) is 146 Å². The molecule has 1 saturated heterocycles. The molecule has 3 nitrogen and oxygen atoms in total. The highest BCUT2D eigenvalue weighted by Gasteiger charge is 2.47. The van der Waals surface area contributed by atoms with Crippen LogP contribution in [-0.4, -0.2) is 31.3 Å². The number of methoxy groups -OCH3 is 2. The maximum Gasteiger partial charge on any atom is 0.134 e. The first-order chi connectivity index (χ1) is 30.4. The summed E-state index contributed by atoms with van der Waals surface area (Å²) in [5.41, 5.74) is 16.8. The Labute approximate surface area is 381 Å². The predicted molar refractivity (Wildman–Crippen MR) is 270 cm³/mol. The SMILES string of the molecule is COc1ccccc1-c1cc(C(C)C)c(-c2cccc(-c3c(C(C)C)cc(-c4ccccc4OC)cc3C(C)C)c2P2C(C3CCCC3)CC(=O)CC2C2CCCC2)c(C(C)C)c1. The normalized spacial score (nSPS) is 19.9. The van der Waals surface area contributed by atoms with Crippen LogP contribution < -0.4 is 14.8 Å². The third kappa shape index (κ3) is 8.95. The molecule has 5 aromatic carbocycles. The van der Waals surface area contributed by atoms with E-state index in [1.54, 1.807) is 19.5 Å². The molecule has 4 heteroatoms. The molecule has 332 valence electrons. The van der Waals surface area contributed by atoms with Crippen LogP contribution in [0.25, 0.3) is 44.5 Å². The van der Waals surface area contributed by atoms with Gasteiger partial charge in [0, 0.05) is 24.0 Å². The van der Waals surface area contributed by atoms with E-state index in [0.717, 1.165) is 35.5 Å². The predicted octanol–water partition coefficient (Wildman–Crippen LogP) is 16.5. The molecule has 0 spiro atoms. The molecule has 1 aliphatic heterocycles. The van der Waals surface area contributed by atoms with E-state index >= 15 is 0 Å². The van der Waals surface area contributed by atoms with Gasteiger partial charge in [0.05, 0.1) is 14.2 Å². The second-order valence-corrected chi connectivity index (χ2v) is 22.9. The Morgan fingerprint density at radius 3 is 1.14 bits per heavy atom. The van der Waals surface area contributed by atoms with Gasteiger partial charge >= 0.3 is 0 Å². The fourth-order valence-corrected chi connectivity index (χ4v) is 16.3. The highest BCUT2D eigenvalue weighted by molar-refractivity contribution is 7.68. The number of rotatable bonds is 13. The van der Waals surface area contributed by atoms with Crippen molar-refractivity contribution in [3.8, 4) is 56.0 Å². The fourth-order valence-electron chi connectivity index (χ4n) is 11.9. The molecule has 8 rings (SSSR count). The van der Waals surface area contributed by atoms with Crippen LogP contribution >= 0.6 is 7.92 Å². The third-order valence-electron chi connectivity index (χ3n) is 15.0. The highest BCUT2D eigenvalue weighted by atomic mass is 31.1. The summed E-state index contributed by atoms with van der Waals surface area (Å²) in [6.45, 7) is 19.1. The Kier molecular flexibility index (Phi) is 14.0. The number of ether oxygens (including phenoxy) is 2. The Hall–Kier alpha value is -4.20. The lowest BCUT2D eigenvalue weighted by Crippen LogP contribution is -2.39. The second-order valence-electron chi connectivity index (χ2n) is 20.4. The number of Topliss-reactive ketones (excluding diaryl/α,β-unsaturated/α-hetero) is 1. The van der Waals surface area contributed by atoms with Crippen molar-refractivity contribution >= 4 is 19.0 Å². The summed E-state index contributed by atoms with van der Waals surface area (Å²) in [5, 5.41) is 1.59. The largest absolute Gasteiger partial charge is 0.496 e. The topological polar surface area (TPSA) is 35.5 Å². The minimum absolute atomic E-state index is 0.290. The standard InChI is InChI=1S/C59H73O3P/c1-36(2)49-30-42(45-24-15-17-28-53(45)61-9)31-50(37(3)4)57(49)47-26-19-27-48(58-51(38(5)6)32-43(33-52(58)39(7)8)46-25-16-18-29-54(46)62-10)59(47)63-55(40-20-11-12-21-40)34-44(60)35-56(63)41-22-13-14-23-41/h15-19,24-33,36-41,55-56H,11-14,20-23,34-35H2,1-10H3. The van der Waals surface area contributed by atoms with Gasteiger partial charge in [0.2, 0.25) is 0 Å². The van der Waals surface area contributed by atoms with Gasteiger partial charge in [0.15, 0.2) is 0 Å². The lowest BCUT2D eigenvalue weighted by Gasteiger charge is -2.46. The van der Waals surface area contributed by atoms with E-state index in [9.17, 15) is 4.79 Å². The minimum atomic E-state index is -0.737. The van der Waals surface area contributed by atoms with Crippen molar-refractivity contribution in [2.75, 3.05) is 14.2 Å². The van der Waals surface area contributed by atoms with Gasteiger partial charge in [-0.1, -0.05) is 168 Å². The fraction of sp³-hybridized carbons (Fsp3) is 0.475. The van der Waals surface area contributed by atoms with Crippen molar-refractivity contribution in [1.82, 2.24) is 0 Å². The van der Waals surface area contributed by atoms with Gasteiger partial charge < -0.3 is 9.47 Å². The summed E-state index contributed by atoms with van der Waals surface area (Å²) in [6.07, 6.45) is 11.7. The summed E-state index contributed by atoms with van der Waals surface area (Å²) in [6, 6.07) is 34.4. The number of para-hydroxylation sites is 2. The number of carbonyl (C=O) groups is 1. The molecular weight excluding hydrogens is 788 g/mol. The van der Waals surface area contributed by atoms with Crippen LogP contribution in [0.15, 0.2) is 91.0 Å². The number of hydrogen-bond donors (Lipinski definition) is 0. The van der Waals surface area contributed by atoms with Crippen molar-refractivity contribution in [1.29, 1.82) is 0 Å². The Bertz CT molecular complexity index is 2190. The van der Waals surface area contributed by atoms with Gasteiger partial charge in [0.25, 0.3) is 0 Å². The zero-order valence-corrected chi connectivity index (χ0v) is 40.9. The van der Waals surface area contributed by atoms with Gasteiger partial charge in [-0.3, -0.25) is 4.79 Å². The molecular formula is C59H73O3P. The average Bonchev–Trinajstić information content (AvgIpc) is 4.04. The molecule has 1 heterocycles. The molecule has 0 amide bonds. The molecule has 63 heavy (non-hydrogen) atoms. The van der Waals surface area contributed by atoms with Crippen molar-refractivity contribution in [2.24, 2.45) is 11.8 Å². The molecule has 5 aromatic rings. The molecule has 0 N–H and O–H groups in total. The lowest BCUT2D eigenvalue weighted by atomic mass is 9.79. The quantitative estimate of drug-likeness (QED) is 0.111. The van der Waals surface area contributed by atoms with Crippen molar-refractivity contribution in [3.63, 3.8) is 0 Å². The number of hydrogen-bond acceptors (Lipinski definition) is 3. The van der Waals surface area contributed by atoms with Crippen molar-refractivity contribution < 1.29 is 14.3 Å². The summed E-state index contributed by atoms with van der Waals surface area (Å²) >= 11 is 0. The number of ketones is 1. The van der Waals surface area contributed by atoms with Crippen LogP contribution in [0.4, 0.5) is 0 Å². The second kappa shape index (κ2) is 19.5. The molecule has 3 aliphatic rings. The van der Waals surface area contributed by atoms with Crippen LogP contribution in [-0.2, 0) is 4.79 Å². The van der Waals surface area contributed by atoms with E-state index in [1.165, 1.54) is 107 Å². The monoisotopic (exact) mass is 861 g/mol. The molecule has 2 atom stereocenters.